The zero-order valence-electron chi connectivity index (χ0n) is 10.6. The molecule has 0 radical (unpaired) electrons. The predicted octanol–water partition coefficient (Wildman–Crippen LogP) is 3.62. The van der Waals surface area contributed by atoms with Crippen molar-refractivity contribution < 1.29 is 13.2 Å². The second-order valence-electron chi connectivity index (χ2n) is 4.25. The van der Waals surface area contributed by atoms with Crippen LogP contribution in [-0.2, 0) is 0 Å². The lowest BCUT2D eigenvalue weighted by Crippen LogP contribution is -1.96. The van der Waals surface area contributed by atoms with E-state index in [1.54, 1.807) is 24.4 Å². The highest BCUT2D eigenvalue weighted by atomic mass is 19.1. The Hall–Kier alpha value is -2.76. The van der Waals surface area contributed by atoms with Crippen LogP contribution in [0.3, 0.4) is 0 Å². The smallest absolute Gasteiger partial charge is 0.178 e. The van der Waals surface area contributed by atoms with Gasteiger partial charge in [-0.2, -0.15) is 0 Å². The average Bonchev–Trinajstić information content (AvgIpc) is 2.48. The summed E-state index contributed by atoms with van der Waals surface area (Å²) in [5.41, 5.74) is 0.317. The molecule has 0 amide bonds. The topological polar surface area (TPSA) is 38.7 Å². The SMILES string of the molecule is Fc1cc(F)c(-c2cnc(-c3ccccn3)nc2)c(F)c1. The molecule has 0 N–H and O–H groups in total. The number of halogens is 3. The zero-order valence-corrected chi connectivity index (χ0v) is 10.6. The van der Waals surface area contributed by atoms with Crippen LogP contribution in [0.1, 0.15) is 0 Å². The molecule has 0 atom stereocenters. The summed E-state index contributed by atoms with van der Waals surface area (Å²) in [6, 6.07) is 6.48. The largest absolute Gasteiger partial charge is 0.253 e. The van der Waals surface area contributed by atoms with Crippen molar-refractivity contribution in [1.29, 1.82) is 0 Å². The van der Waals surface area contributed by atoms with E-state index in [0.717, 1.165) is 0 Å². The summed E-state index contributed by atoms with van der Waals surface area (Å²) < 4.78 is 40.2. The third-order valence-electron chi connectivity index (χ3n) is 2.84. The molecule has 0 aliphatic rings. The lowest BCUT2D eigenvalue weighted by atomic mass is 10.1. The van der Waals surface area contributed by atoms with E-state index < -0.39 is 17.5 Å². The van der Waals surface area contributed by atoms with Crippen LogP contribution in [0.5, 0.6) is 0 Å². The van der Waals surface area contributed by atoms with Gasteiger partial charge in [0.05, 0.1) is 5.56 Å². The van der Waals surface area contributed by atoms with Gasteiger partial charge in [-0.15, -0.1) is 0 Å². The summed E-state index contributed by atoms with van der Waals surface area (Å²) in [4.78, 5) is 12.1. The molecule has 0 aliphatic heterocycles. The van der Waals surface area contributed by atoms with E-state index in [9.17, 15) is 13.2 Å². The predicted molar refractivity (Wildman–Crippen MR) is 70.6 cm³/mol. The Kier molecular flexibility index (Phi) is 3.35. The molecule has 6 heteroatoms. The van der Waals surface area contributed by atoms with Crippen molar-refractivity contribution in [2.45, 2.75) is 0 Å². The zero-order chi connectivity index (χ0) is 14.8. The molecule has 0 bridgehead atoms. The van der Waals surface area contributed by atoms with E-state index in [-0.39, 0.29) is 11.1 Å². The minimum absolute atomic E-state index is 0.129. The molecule has 0 spiro atoms. The number of hydrogen-bond donors (Lipinski definition) is 0. The van der Waals surface area contributed by atoms with Crippen LogP contribution in [0.25, 0.3) is 22.6 Å². The average molecular weight is 287 g/mol. The van der Waals surface area contributed by atoms with Crippen LogP contribution in [-0.4, -0.2) is 15.0 Å². The molecule has 0 saturated carbocycles. The van der Waals surface area contributed by atoms with Crippen molar-refractivity contribution in [2.24, 2.45) is 0 Å². The minimum Gasteiger partial charge on any atom is -0.253 e. The van der Waals surface area contributed by atoms with Crippen molar-refractivity contribution in [3.63, 3.8) is 0 Å². The lowest BCUT2D eigenvalue weighted by molar-refractivity contribution is 0.548. The molecule has 3 nitrogen and oxygen atoms in total. The Balaban J connectivity index is 2.03. The van der Waals surface area contributed by atoms with Crippen molar-refractivity contribution in [3.8, 4) is 22.6 Å². The lowest BCUT2D eigenvalue weighted by Gasteiger charge is -2.05. The second kappa shape index (κ2) is 5.32. The van der Waals surface area contributed by atoms with Crippen LogP contribution in [0, 0.1) is 17.5 Å². The minimum atomic E-state index is -0.998. The first-order chi connectivity index (χ1) is 10.1. The number of pyridine rings is 1. The molecule has 0 saturated heterocycles. The van der Waals surface area contributed by atoms with E-state index in [1.807, 2.05) is 0 Å². The molecular weight excluding hydrogens is 279 g/mol. The van der Waals surface area contributed by atoms with Crippen LogP contribution in [0.15, 0.2) is 48.9 Å². The van der Waals surface area contributed by atoms with Crippen LogP contribution in [0.4, 0.5) is 13.2 Å². The standard InChI is InChI=1S/C15H8F3N3/c16-10-5-11(17)14(12(18)6-10)9-7-20-15(21-8-9)13-3-1-2-4-19-13/h1-8H. The molecule has 21 heavy (non-hydrogen) atoms. The van der Waals surface area contributed by atoms with Gasteiger partial charge in [0.15, 0.2) is 5.82 Å². The number of rotatable bonds is 2. The van der Waals surface area contributed by atoms with Crippen LogP contribution >= 0.6 is 0 Å². The van der Waals surface area contributed by atoms with Gasteiger partial charge in [0.1, 0.15) is 23.1 Å². The summed E-state index contributed by atoms with van der Waals surface area (Å²) >= 11 is 0. The van der Waals surface area contributed by atoms with Crippen molar-refractivity contribution in [3.05, 3.63) is 66.4 Å². The summed E-state index contributed by atoms with van der Waals surface area (Å²) in [5.74, 6) is -2.63. The first-order valence-corrected chi connectivity index (χ1v) is 6.03. The van der Waals surface area contributed by atoms with E-state index in [1.165, 1.54) is 12.4 Å². The summed E-state index contributed by atoms with van der Waals surface area (Å²) in [6.45, 7) is 0. The van der Waals surface area contributed by atoms with Crippen molar-refractivity contribution in [2.75, 3.05) is 0 Å². The fraction of sp³-hybridized carbons (Fsp3) is 0. The maximum Gasteiger partial charge on any atom is 0.178 e. The number of aromatic nitrogens is 3. The van der Waals surface area contributed by atoms with Gasteiger partial charge in [-0.3, -0.25) is 4.98 Å². The third-order valence-corrected chi connectivity index (χ3v) is 2.84. The van der Waals surface area contributed by atoms with Gasteiger partial charge in [-0.05, 0) is 12.1 Å². The first-order valence-electron chi connectivity index (χ1n) is 6.03. The van der Waals surface area contributed by atoms with Gasteiger partial charge in [-0.1, -0.05) is 6.07 Å². The second-order valence-corrected chi connectivity index (χ2v) is 4.25. The fourth-order valence-electron chi connectivity index (χ4n) is 1.90. The van der Waals surface area contributed by atoms with Crippen LogP contribution < -0.4 is 0 Å². The van der Waals surface area contributed by atoms with Crippen molar-refractivity contribution >= 4 is 0 Å². The van der Waals surface area contributed by atoms with Gasteiger partial charge >= 0.3 is 0 Å². The van der Waals surface area contributed by atoms with E-state index in [2.05, 4.69) is 15.0 Å². The van der Waals surface area contributed by atoms with E-state index in [0.29, 0.717) is 23.7 Å². The van der Waals surface area contributed by atoms with E-state index in [4.69, 9.17) is 0 Å². The molecule has 3 rings (SSSR count). The quantitative estimate of drug-likeness (QED) is 0.722. The third kappa shape index (κ3) is 2.60. The first kappa shape index (κ1) is 13.2. The highest BCUT2D eigenvalue weighted by molar-refractivity contribution is 5.64. The molecule has 0 aliphatic carbocycles. The molecule has 2 aromatic heterocycles. The van der Waals surface area contributed by atoms with Gasteiger partial charge in [0.2, 0.25) is 0 Å². The Labute approximate surface area is 118 Å². The highest BCUT2D eigenvalue weighted by Gasteiger charge is 2.14. The molecule has 104 valence electrons. The van der Waals surface area contributed by atoms with Gasteiger partial charge < -0.3 is 0 Å². The van der Waals surface area contributed by atoms with Gasteiger partial charge in [0, 0.05) is 36.3 Å². The fourth-order valence-corrected chi connectivity index (χ4v) is 1.90. The van der Waals surface area contributed by atoms with Gasteiger partial charge in [0.25, 0.3) is 0 Å². The van der Waals surface area contributed by atoms with Gasteiger partial charge in [-0.25, -0.2) is 23.1 Å². The molecule has 0 fully saturated rings. The number of hydrogen-bond acceptors (Lipinski definition) is 3. The Bertz CT molecular complexity index is 751. The highest BCUT2D eigenvalue weighted by Crippen LogP contribution is 2.26. The maximum atomic E-state index is 13.7. The molecule has 3 aromatic rings. The molecule has 0 unspecified atom stereocenters. The Morgan fingerprint density at radius 1 is 0.810 bits per heavy atom. The molecular formula is C15H8F3N3. The Morgan fingerprint density at radius 2 is 1.48 bits per heavy atom. The maximum absolute atomic E-state index is 13.7. The molecule has 1 aromatic carbocycles. The van der Waals surface area contributed by atoms with Crippen LogP contribution in [0.2, 0.25) is 0 Å². The van der Waals surface area contributed by atoms with E-state index >= 15 is 0 Å². The summed E-state index contributed by atoms with van der Waals surface area (Å²) in [5, 5.41) is 0. The Morgan fingerprint density at radius 3 is 2.05 bits per heavy atom. The normalized spacial score (nSPS) is 10.6. The number of benzene rings is 1. The summed E-state index contributed by atoms with van der Waals surface area (Å²) in [7, 11) is 0. The molecule has 2 heterocycles. The summed E-state index contributed by atoms with van der Waals surface area (Å²) in [6.07, 6.45) is 4.14. The van der Waals surface area contributed by atoms with Crippen molar-refractivity contribution in [1.82, 2.24) is 15.0 Å². The monoisotopic (exact) mass is 287 g/mol. The number of nitrogens with zero attached hydrogens (tertiary/aromatic N) is 3.